The van der Waals surface area contributed by atoms with E-state index in [0.29, 0.717) is 0 Å². The Hall–Kier alpha value is 0.700. The SMILES string of the molecule is C(SC12CC3CC(CC(C3)C1)C2)SC12CC3CC(CC(C3)C1)C2. The first-order valence-electron chi connectivity index (χ1n) is 10.5. The van der Waals surface area contributed by atoms with Crippen LogP contribution in [0.15, 0.2) is 0 Å². The van der Waals surface area contributed by atoms with Crippen LogP contribution in [0.4, 0.5) is 0 Å². The average molecular weight is 349 g/mol. The van der Waals surface area contributed by atoms with Gasteiger partial charge in [-0.1, -0.05) is 0 Å². The number of hydrogen-bond donors (Lipinski definition) is 0. The molecule has 8 fully saturated rings. The second kappa shape index (κ2) is 5.12. The lowest BCUT2D eigenvalue weighted by Gasteiger charge is -2.58. The molecule has 0 heterocycles. The van der Waals surface area contributed by atoms with Gasteiger partial charge in [-0.2, -0.15) is 0 Å². The molecule has 2 heteroatoms. The molecule has 0 unspecified atom stereocenters. The highest BCUT2D eigenvalue weighted by Gasteiger charge is 2.53. The summed E-state index contributed by atoms with van der Waals surface area (Å²) in [7, 11) is 0. The highest BCUT2D eigenvalue weighted by molar-refractivity contribution is 8.17. The van der Waals surface area contributed by atoms with E-state index < -0.39 is 0 Å². The quantitative estimate of drug-likeness (QED) is 0.543. The highest BCUT2D eigenvalue weighted by atomic mass is 32.2. The van der Waals surface area contributed by atoms with Crippen LogP contribution in [0.5, 0.6) is 0 Å². The maximum Gasteiger partial charge on any atom is 0.0403 e. The molecular formula is C21H32S2. The first-order valence-corrected chi connectivity index (χ1v) is 12.4. The van der Waals surface area contributed by atoms with Gasteiger partial charge in [0.15, 0.2) is 0 Å². The van der Waals surface area contributed by atoms with Gasteiger partial charge in [0.2, 0.25) is 0 Å². The van der Waals surface area contributed by atoms with Crippen LogP contribution in [0.3, 0.4) is 0 Å². The van der Waals surface area contributed by atoms with Gasteiger partial charge in [-0.25, -0.2) is 0 Å². The maximum absolute atomic E-state index is 2.45. The van der Waals surface area contributed by atoms with Crippen LogP contribution >= 0.6 is 23.5 Å². The summed E-state index contributed by atoms with van der Waals surface area (Å²) in [6.45, 7) is 0. The second-order valence-electron chi connectivity index (χ2n) is 10.6. The largest absolute Gasteiger partial charge is 0.144 e. The van der Waals surface area contributed by atoms with Crippen molar-refractivity contribution in [2.24, 2.45) is 35.5 Å². The summed E-state index contributed by atoms with van der Waals surface area (Å²) in [5.41, 5.74) is 0. The van der Waals surface area contributed by atoms with Crippen molar-refractivity contribution in [1.29, 1.82) is 0 Å². The van der Waals surface area contributed by atoms with Crippen LogP contribution in [0.2, 0.25) is 0 Å². The van der Waals surface area contributed by atoms with Crippen LogP contribution in [-0.4, -0.2) is 14.6 Å². The van der Waals surface area contributed by atoms with E-state index in [0.717, 1.165) is 45.0 Å². The molecule has 0 spiro atoms. The Labute approximate surface area is 150 Å². The Morgan fingerprint density at radius 1 is 0.478 bits per heavy atom. The third-order valence-electron chi connectivity index (χ3n) is 8.69. The Bertz CT molecular complexity index is 382. The molecule has 0 radical (unpaired) electrons. The van der Waals surface area contributed by atoms with Crippen molar-refractivity contribution < 1.29 is 0 Å². The molecule has 8 aliphatic carbocycles. The van der Waals surface area contributed by atoms with E-state index in [1.165, 1.54) is 5.08 Å². The normalized spacial score (nSPS) is 59.0. The van der Waals surface area contributed by atoms with Crippen molar-refractivity contribution in [3.8, 4) is 0 Å². The van der Waals surface area contributed by atoms with E-state index >= 15 is 0 Å². The minimum Gasteiger partial charge on any atom is -0.144 e. The summed E-state index contributed by atoms with van der Waals surface area (Å²) in [5, 5.41) is 1.43. The average Bonchev–Trinajstić information content (AvgIpc) is 2.43. The maximum atomic E-state index is 2.45. The van der Waals surface area contributed by atoms with Gasteiger partial charge < -0.3 is 0 Å². The van der Waals surface area contributed by atoms with Crippen molar-refractivity contribution in [3.05, 3.63) is 0 Å². The van der Waals surface area contributed by atoms with Gasteiger partial charge >= 0.3 is 0 Å². The first kappa shape index (κ1) is 14.8. The van der Waals surface area contributed by atoms with E-state index in [4.69, 9.17) is 0 Å². The Morgan fingerprint density at radius 2 is 0.739 bits per heavy atom. The summed E-state index contributed by atoms with van der Waals surface area (Å²) < 4.78 is 1.48. The first-order chi connectivity index (χ1) is 11.2. The molecule has 0 aromatic rings. The lowest BCUT2D eigenvalue weighted by atomic mass is 9.56. The molecule has 0 nitrogen and oxygen atoms in total. The van der Waals surface area contributed by atoms with E-state index in [2.05, 4.69) is 23.5 Å². The van der Waals surface area contributed by atoms with E-state index in [-0.39, 0.29) is 0 Å². The third-order valence-corrected chi connectivity index (χ3v) is 11.9. The zero-order valence-electron chi connectivity index (χ0n) is 14.5. The molecule has 0 saturated heterocycles. The van der Waals surface area contributed by atoms with Crippen LogP contribution in [0.25, 0.3) is 0 Å². The summed E-state index contributed by atoms with van der Waals surface area (Å²) in [6, 6.07) is 0. The molecule has 0 amide bonds. The fourth-order valence-corrected chi connectivity index (χ4v) is 13.1. The zero-order chi connectivity index (χ0) is 15.1. The molecule has 23 heavy (non-hydrogen) atoms. The topological polar surface area (TPSA) is 0 Å². The van der Waals surface area contributed by atoms with Crippen LogP contribution in [0, 0.1) is 35.5 Å². The van der Waals surface area contributed by atoms with E-state index in [9.17, 15) is 0 Å². The second-order valence-corrected chi connectivity index (χ2v) is 13.9. The van der Waals surface area contributed by atoms with Crippen molar-refractivity contribution in [3.63, 3.8) is 0 Å². The summed E-state index contributed by atoms with van der Waals surface area (Å²) in [5.74, 6) is 6.74. The number of rotatable bonds is 4. The smallest absolute Gasteiger partial charge is 0.0403 e. The fraction of sp³-hybridized carbons (Fsp3) is 1.00. The monoisotopic (exact) mass is 348 g/mol. The van der Waals surface area contributed by atoms with Gasteiger partial charge in [0, 0.05) is 14.6 Å². The summed E-state index contributed by atoms with van der Waals surface area (Å²) >= 11 is 4.89. The van der Waals surface area contributed by atoms with Crippen molar-refractivity contribution in [2.45, 2.75) is 86.5 Å². The lowest BCUT2D eigenvalue weighted by Crippen LogP contribution is -2.49. The fourth-order valence-electron chi connectivity index (χ4n) is 8.70. The van der Waals surface area contributed by atoms with Crippen molar-refractivity contribution in [2.75, 3.05) is 5.08 Å². The molecule has 0 N–H and O–H groups in total. The molecule has 0 aliphatic heterocycles. The van der Waals surface area contributed by atoms with Gasteiger partial charge in [0.1, 0.15) is 0 Å². The molecule has 128 valence electrons. The Balaban J connectivity index is 1.12. The van der Waals surface area contributed by atoms with Gasteiger partial charge in [0.05, 0.1) is 0 Å². The molecule has 0 atom stereocenters. The van der Waals surface area contributed by atoms with Gasteiger partial charge in [-0.3, -0.25) is 0 Å². The number of hydrogen-bond acceptors (Lipinski definition) is 2. The molecule has 8 rings (SSSR count). The predicted molar refractivity (Wildman–Crippen MR) is 102 cm³/mol. The molecule has 8 bridgehead atoms. The lowest BCUT2D eigenvalue weighted by molar-refractivity contribution is 0.0378. The molecule has 8 aliphatic rings. The van der Waals surface area contributed by atoms with Gasteiger partial charge in [0.25, 0.3) is 0 Å². The predicted octanol–water partition coefficient (Wildman–Crippen LogP) is 6.35. The minimum atomic E-state index is 0.740. The van der Waals surface area contributed by atoms with E-state index in [1.54, 1.807) is 77.0 Å². The van der Waals surface area contributed by atoms with Crippen LogP contribution in [0.1, 0.15) is 77.0 Å². The van der Waals surface area contributed by atoms with Crippen LogP contribution in [-0.2, 0) is 0 Å². The summed E-state index contributed by atoms with van der Waals surface area (Å²) in [4.78, 5) is 0. The van der Waals surface area contributed by atoms with Gasteiger partial charge in [-0.15, -0.1) is 23.5 Å². The number of thioether (sulfide) groups is 2. The minimum absolute atomic E-state index is 0.740. The highest BCUT2D eigenvalue weighted by Crippen LogP contribution is 2.64. The van der Waals surface area contributed by atoms with Crippen LogP contribution < -0.4 is 0 Å². The van der Waals surface area contributed by atoms with Crippen molar-refractivity contribution in [1.82, 2.24) is 0 Å². The van der Waals surface area contributed by atoms with E-state index in [1.807, 2.05) is 0 Å². The Morgan fingerprint density at radius 3 is 1.00 bits per heavy atom. The van der Waals surface area contributed by atoms with Gasteiger partial charge in [-0.05, 0) is 113 Å². The third kappa shape index (κ3) is 2.47. The molecule has 0 aromatic heterocycles. The summed E-state index contributed by atoms with van der Waals surface area (Å²) in [6.07, 6.45) is 19.1. The zero-order valence-corrected chi connectivity index (χ0v) is 16.1. The molecular weight excluding hydrogens is 316 g/mol. The Kier molecular flexibility index (Phi) is 3.30. The standard InChI is InChI=1S/C21H32S2/c1-14-2-16-3-15(1)8-20(7-14,9-16)22-13-23-21-10-17-4-18(11-21)6-19(5-17)12-21/h14-19H,1-13H2. The molecule has 0 aromatic carbocycles. The van der Waals surface area contributed by atoms with Crippen molar-refractivity contribution >= 4 is 23.5 Å². The molecule has 8 saturated carbocycles.